The lowest BCUT2D eigenvalue weighted by atomic mass is 10.1. The molecule has 0 saturated heterocycles. The molecule has 0 spiro atoms. The maximum absolute atomic E-state index is 9.21. The van der Waals surface area contributed by atoms with E-state index in [1.807, 2.05) is 24.3 Å². The average molecular weight is 284 g/mol. The summed E-state index contributed by atoms with van der Waals surface area (Å²) < 4.78 is 1.12. The molecular formula is C11H9IO. The highest BCUT2D eigenvalue weighted by atomic mass is 127. The summed E-state index contributed by atoms with van der Waals surface area (Å²) in [5.74, 6) is 0. The molecule has 0 aliphatic rings. The predicted molar refractivity (Wildman–Crippen MR) is 62.6 cm³/mol. The summed E-state index contributed by atoms with van der Waals surface area (Å²) in [6.45, 7) is 0.111. The first-order chi connectivity index (χ1) is 6.33. The molecule has 0 aliphatic heterocycles. The van der Waals surface area contributed by atoms with Gasteiger partial charge in [0, 0.05) is 3.57 Å². The van der Waals surface area contributed by atoms with Crippen molar-refractivity contribution in [2.24, 2.45) is 0 Å². The third-order valence-electron chi connectivity index (χ3n) is 2.14. The fourth-order valence-electron chi connectivity index (χ4n) is 1.47. The molecule has 0 aromatic heterocycles. The number of aliphatic hydroxyl groups excluding tert-OH is 1. The smallest absolute Gasteiger partial charge is 0.0698 e. The Balaban J connectivity index is 2.84. The number of hydrogen-bond acceptors (Lipinski definition) is 1. The van der Waals surface area contributed by atoms with Crippen LogP contribution >= 0.6 is 22.6 Å². The van der Waals surface area contributed by atoms with Gasteiger partial charge in [0.25, 0.3) is 0 Å². The van der Waals surface area contributed by atoms with Gasteiger partial charge in [-0.05, 0) is 45.0 Å². The normalized spacial score (nSPS) is 10.6. The summed E-state index contributed by atoms with van der Waals surface area (Å²) in [6, 6.07) is 12.2. The molecule has 2 rings (SSSR count). The van der Waals surface area contributed by atoms with E-state index in [9.17, 15) is 5.11 Å². The van der Waals surface area contributed by atoms with Crippen LogP contribution in [0.5, 0.6) is 0 Å². The van der Waals surface area contributed by atoms with Gasteiger partial charge in [0.05, 0.1) is 6.61 Å². The summed E-state index contributed by atoms with van der Waals surface area (Å²) in [7, 11) is 0. The molecule has 2 aromatic carbocycles. The van der Waals surface area contributed by atoms with Crippen LogP contribution in [0.25, 0.3) is 10.8 Å². The number of fused-ring (bicyclic) bond motifs is 1. The Hall–Kier alpha value is -0.610. The highest BCUT2D eigenvalue weighted by Crippen LogP contribution is 2.23. The minimum absolute atomic E-state index is 0.111. The number of hydrogen-bond donors (Lipinski definition) is 1. The van der Waals surface area contributed by atoms with Gasteiger partial charge in [0.2, 0.25) is 0 Å². The molecule has 0 bridgehead atoms. The predicted octanol–water partition coefficient (Wildman–Crippen LogP) is 2.94. The lowest BCUT2D eigenvalue weighted by Gasteiger charge is -2.05. The van der Waals surface area contributed by atoms with E-state index in [1.54, 1.807) is 0 Å². The van der Waals surface area contributed by atoms with Crippen LogP contribution in [0.2, 0.25) is 0 Å². The Morgan fingerprint density at radius 2 is 1.85 bits per heavy atom. The zero-order valence-electron chi connectivity index (χ0n) is 7.00. The van der Waals surface area contributed by atoms with Gasteiger partial charge in [-0.2, -0.15) is 0 Å². The van der Waals surface area contributed by atoms with Gasteiger partial charge in [-0.1, -0.05) is 30.3 Å². The monoisotopic (exact) mass is 284 g/mol. The summed E-state index contributed by atoms with van der Waals surface area (Å²) >= 11 is 2.25. The summed E-state index contributed by atoms with van der Waals surface area (Å²) in [6.07, 6.45) is 0. The molecular weight excluding hydrogens is 275 g/mol. The molecule has 1 N–H and O–H groups in total. The van der Waals surface area contributed by atoms with Gasteiger partial charge in [0.15, 0.2) is 0 Å². The van der Waals surface area contributed by atoms with Crippen LogP contribution in [0.1, 0.15) is 5.56 Å². The molecule has 0 saturated carbocycles. The fourth-order valence-corrected chi connectivity index (χ4v) is 2.11. The second-order valence-electron chi connectivity index (χ2n) is 2.91. The minimum Gasteiger partial charge on any atom is -0.392 e. The van der Waals surface area contributed by atoms with Crippen molar-refractivity contribution in [2.75, 3.05) is 0 Å². The van der Waals surface area contributed by atoms with Crippen molar-refractivity contribution in [3.63, 3.8) is 0 Å². The molecule has 0 heterocycles. The van der Waals surface area contributed by atoms with Crippen molar-refractivity contribution in [1.29, 1.82) is 0 Å². The summed E-state index contributed by atoms with van der Waals surface area (Å²) in [4.78, 5) is 0. The fraction of sp³-hybridized carbons (Fsp3) is 0.0909. The Kier molecular flexibility index (Phi) is 2.51. The quantitative estimate of drug-likeness (QED) is 0.798. The van der Waals surface area contributed by atoms with Gasteiger partial charge in [-0.25, -0.2) is 0 Å². The SMILES string of the molecule is OCc1c(I)ccc2ccccc12. The van der Waals surface area contributed by atoms with Crippen molar-refractivity contribution in [3.8, 4) is 0 Å². The van der Waals surface area contributed by atoms with Crippen molar-refractivity contribution in [3.05, 3.63) is 45.5 Å². The molecule has 1 nitrogen and oxygen atoms in total. The average Bonchev–Trinajstić information content (AvgIpc) is 2.18. The molecule has 0 amide bonds. The molecule has 0 fully saturated rings. The van der Waals surface area contributed by atoms with Crippen molar-refractivity contribution < 1.29 is 5.11 Å². The topological polar surface area (TPSA) is 20.2 Å². The van der Waals surface area contributed by atoms with Gasteiger partial charge in [0.1, 0.15) is 0 Å². The van der Waals surface area contributed by atoms with E-state index in [0.717, 1.165) is 14.5 Å². The first-order valence-electron chi connectivity index (χ1n) is 4.10. The highest BCUT2D eigenvalue weighted by molar-refractivity contribution is 14.1. The molecule has 2 aromatic rings. The van der Waals surface area contributed by atoms with Crippen LogP contribution in [0.3, 0.4) is 0 Å². The second-order valence-corrected chi connectivity index (χ2v) is 4.07. The van der Waals surface area contributed by atoms with Crippen LogP contribution in [0.15, 0.2) is 36.4 Å². The number of benzene rings is 2. The van der Waals surface area contributed by atoms with Crippen molar-refractivity contribution >= 4 is 33.4 Å². The van der Waals surface area contributed by atoms with Crippen LogP contribution in [-0.2, 0) is 6.61 Å². The molecule has 2 heteroatoms. The molecule has 13 heavy (non-hydrogen) atoms. The van der Waals surface area contributed by atoms with E-state index in [0.29, 0.717) is 0 Å². The minimum atomic E-state index is 0.111. The Morgan fingerprint density at radius 3 is 2.62 bits per heavy atom. The van der Waals surface area contributed by atoms with Crippen LogP contribution in [0, 0.1) is 3.57 Å². The first-order valence-corrected chi connectivity index (χ1v) is 5.18. The number of rotatable bonds is 1. The van der Waals surface area contributed by atoms with E-state index in [2.05, 4.69) is 34.7 Å². The van der Waals surface area contributed by atoms with Gasteiger partial charge in [-0.15, -0.1) is 0 Å². The largest absolute Gasteiger partial charge is 0.392 e. The summed E-state index contributed by atoms with van der Waals surface area (Å²) in [5, 5.41) is 11.5. The maximum atomic E-state index is 9.21. The van der Waals surface area contributed by atoms with E-state index >= 15 is 0 Å². The molecule has 0 unspecified atom stereocenters. The number of halogens is 1. The second kappa shape index (κ2) is 3.64. The van der Waals surface area contributed by atoms with Gasteiger partial charge in [-0.3, -0.25) is 0 Å². The highest BCUT2D eigenvalue weighted by Gasteiger charge is 2.02. The molecule has 0 radical (unpaired) electrons. The lowest BCUT2D eigenvalue weighted by Crippen LogP contribution is -1.89. The molecule has 0 aliphatic carbocycles. The van der Waals surface area contributed by atoms with E-state index in [-0.39, 0.29) is 6.61 Å². The van der Waals surface area contributed by atoms with Crippen LogP contribution in [-0.4, -0.2) is 5.11 Å². The lowest BCUT2D eigenvalue weighted by molar-refractivity contribution is 0.282. The Morgan fingerprint density at radius 1 is 1.08 bits per heavy atom. The third-order valence-corrected chi connectivity index (χ3v) is 3.15. The van der Waals surface area contributed by atoms with Crippen molar-refractivity contribution in [2.45, 2.75) is 6.61 Å². The Labute approximate surface area is 90.5 Å². The first kappa shape index (κ1) is 8.97. The van der Waals surface area contributed by atoms with Crippen LogP contribution < -0.4 is 0 Å². The standard InChI is InChI=1S/C11H9IO/c12-11-6-5-8-3-1-2-4-9(8)10(11)7-13/h1-6,13H,7H2. The number of aliphatic hydroxyl groups is 1. The van der Waals surface area contributed by atoms with Gasteiger partial charge < -0.3 is 5.11 Å². The molecule has 0 atom stereocenters. The zero-order chi connectivity index (χ0) is 9.26. The Bertz CT molecular complexity index is 437. The van der Waals surface area contributed by atoms with Crippen molar-refractivity contribution in [1.82, 2.24) is 0 Å². The third kappa shape index (κ3) is 1.56. The molecule has 66 valence electrons. The van der Waals surface area contributed by atoms with E-state index < -0.39 is 0 Å². The maximum Gasteiger partial charge on any atom is 0.0698 e. The zero-order valence-corrected chi connectivity index (χ0v) is 9.15. The summed E-state index contributed by atoms with van der Waals surface area (Å²) in [5.41, 5.74) is 1.03. The van der Waals surface area contributed by atoms with Crippen LogP contribution in [0.4, 0.5) is 0 Å². The van der Waals surface area contributed by atoms with E-state index in [1.165, 1.54) is 5.39 Å². The van der Waals surface area contributed by atoms with Gasteiger partial charge >= 0.3 is 0 Å². The van der Waals surface area contributed by atoms with E-state index in [4.69, 9.17) is 0 Å².